The molecule has 0 saturated heterocycles. The molecule has 1 nitrogen and oxygen atoms in total. The molecular weight excluding hydrogens is 129 g/mol. The van der Waals surface area contributed by atoms with E-state index in [0.29, 0.717) is 0 Å². The first-order valence-electron chi connectivity index (χ1n) is 3.25. The Morgan fingerprint density at radius 2 is 1.73 bits per heavy atom. The van der Waals surface area contributed by atoms with E-state index in [0.717, 1.165) is 0 Å². The Balaban J connectivity index is 0.000000605. The van der Waals surface area contributed by atoms with E-state index in [9.17, 15) is 0 Å². The number of fused-ring (bicyclic) bond motifs is 1. The Morgan fingerprint density at radius 1 is 1.00 bits per heavy atom. The van der Waals surface area contributed by atoms with Crippen LogP contribution in [0.25, 0.3) is 10.8 Å². The number of hydrogen-bond donors (Lipinski definition) is 0. The van der Waals surface area contributed by atoms with Crippen molar-refractivity contribution in [3.05, 3.63) is 42.7 Å². The van der Waals surface area contributed by atoms with E-state index in [-0.39, 0.29) is 20.3 Å². The molecular formula is C9H8LiN. The van der Waals surface area contributed by atoms with Crippen molar-refractivity contribution in [2.45, 2.75) is 0 Å². The first-order chi connectivity index (χ1) is 4.97. The van der Waals surface area contributed by atoms with Crippen molar-refractivity contribution in [1.82, 2.24) is 4.98 Å². The van der Waals surface area contributed by atoms with Crippen molar-refractivity contribution >= 4 is 10.8 Å². The molecule has 1 heterocycles. The molecule has 0 unspecified atom stereocenters. The Kier molecular flexibility index (Phi) is 2.70. The van der Waals surface area contributed by atoms with Crippen molar-refractivity contribution in [3.63, 3.8) is 0 Å². The summed E-state index contributed by atoms with van der Waals surface area (Å²) in [5, 5.41) is 2.45. The number of rotatable bonds is 0. The monoisotopic (exact) mass is 137 g/mol. The van der Waals surface area contributed by atoms with Crippen LogP contribution in [0, 0.1) is 0 Å². The van der Waals surface area contributed by atoms with Crippen molar-refractivity contribution in [3.8, 4) is 0 Å². The second-order valence-corrected chi connectivity index (χ2v) is 2.22. The van der Waals surface area contributed by atoms with Crippen molar-refractivity contribution in [2.24, 2.45) is 0 Å². The zero-order valence-corrected chi connectivity index (χ0v) is 6.49. The third-order valence-electron chi connectivity index (χ3n) is 1.55. The molecule has 2 rings (SSSR count). The van der Waals surface area contributed by atoms with Crippen LogP contribution in [0.2, 0.25) is 0 Å². The summed E-state index contributed by atoms with van der Waals surface area (Å²) in [6.45, 7) is 0. The molecule has 0 bridgehead atoms. The second kappa shape index (κ2) is 3.57. The molecule has 1 aromatic heterocycles. The molecule has 0 N–H and O–H groups in total. The van der Waals surface area contributed by atoms with Gasteiger partial charge in [-0.1, -0.05) is 24.3 Å². The molecule has 0 radical (unpaired) electrons. The van der Waals surface area contributed by atoms with E-state index in [1.165, 1.54) is 10.8 Å². The van der Waals surface area contributed by atoms with Crippen LogP contribution in [-0.2, 0) is 0 Å². The fraction of sp³-hybridized carbons (Fsp3) is 0. The van der Waals surface area contributed by atoms with Gasteiger partial charge in [0.25, 0.3) is 0 Å². The third kappa shape index (κ3) is 1.62. The zero-order chi connectivity index (χ0) is 6.81. The van der Waals surface area contributed by atoms with Gasteiger partial charge < -0.3 is 1.43 Å². The zero-order valence-electron chi connectivity index (χ0n) is 7.49. The van der Waals surface area contributed by atoms with E-state index in [1.54, 1.807) is 0 Å². The molecule has 0 aliphatic rings. The van der Waals surface area contributed by atoms with Crippen LogP contribution in [-0.4, -0.2) is 4.98 Å². The molecule has 0 atom stereocenters. The van der Waals surface area contributed by atoms with Crippen LogP contribution in [0.1, 0.15) is 1.43 Å². The molecule has 0 fully saturated rings. The minimum absolute atomic E-state index is 0. The Morgan fingerprint density at radius 3 is 2.45 bits per heavy atom. The quantitative estimate of drug-likeness (QED) is 0.440. The summed E-state index contributed by atoms with van der Waals surface area (Å²) in [6, 6.07) is 10.2. The molecule has 0 spiro atoms. The summed E-state index contributed by atoms with van der Waals surface area (Å²) in [5.41, 5.74) is 0. The Hall–Kier alpha value is -0.773. The van der Waals surface area contributed by atoms with Gasteiger partial charge in [-0.05, 0) is 16.8 Å². The first kappa shape index (κ1) is 8.33. The predicted octanol–water partition coefficient (Wildman–Crippen LogP) is -0.649. The molecule has 0 aliphatic heterocycles. The van der Waals surface area contributed by atoms with Gasteiger partial charge in [0, 0.05) is 12.4 Å². The maximum absolute atomic E-state index is 4.01. The minimum atomic E-state index is 0. The largest absolute Gasteiger partial charge is 1.00 e. The van der Waals surface area contributed by atoms with Gasteiger partial charge in [-0.3, -0.25) is 4.98 Å². The van der Waals surface area contributed by atoms with Crippen LogP contribution < -0.4 is 18.9 Å². The van der Waals surface area contributed by atoms with Gasteiger partial charge in [0.2, 0.25) is 0 Å². The average molecular weight is 137 g/mol. The van der Waals surface area contributed by atoms with Gasteiger partial charge in [0.15, 0.2) is 0 Å². The third-order valence-corrected chi connectivity index (χ3v) is 1.55. The van der Waals surface area contributed by atoms with Crippen LogP contribution in [0.4, 0.5) is 0 Å². The SMILES string of the molecule is [H-].[Li+].c1ccc2cnccc2c1. The van der Waals surface area contributed by atoms with Gasteiger partial charge in [-0.15, -0.1) is 0 Å². The maximum Gasteiger partial charge on any atom is 1.00 e. The van der Waals surface area contributed by atoms with Gasteiger partial charge in [0.1, 0.15) is 0 Å². The molecule has 1 aromatic carbocycles. The van der Waals surface area contributed by atoms with E-state index in [4.69, 9.17) is 0 Å². The summed E-state index contributed by atoms with van der Waals surface area (Å²) in [4.78, 5) is 4.01. The molecule has 0 saturated carbocycles. The Labute approximate surface area is 79.1 Å². The van der Waals surface area contributed by atoms with Crippen LogP contribution in [0.3, 0.4) is 0 Å². The summed E-state index contributed by atoms with van der Waals surface area (Å²) in [6.07, 6.45) is 3.68. The van der Waals surface area contributed by atoms with Gasteiger partial charge in [-0.25, -0.2) is 0 Å². The van der Waals surface area contributed by atoms with E-state index >= 15 is 0 Å². The molecule has 50 valence electrons. The predicted molar refractivity (Wildman–Crippen MR) is 42.9 cm³/mol. The topological polar surface area (TPSA) is 12.9 Å². The Bertz CT molecular complexity index is 286. The summed E-state index contributed by atoms with van der Waals surface area (Å²) in [5.74, 6) is 0. The number of pyridine rings is 1. The van der Waals surface area contributed by atoms with Gasteiger partial charge in [-0.2, -0.15) is 0 Å². The van der Waals surface area contributed by atoms with Gasteiger partial charge in [0.05, 0.1) is 0 Å². The van der Waals surface area contributed by atoms with Crippen LogP contribution in [0.15, 0.2) is 42.7 Å². The average Bonchev–Trinajstić information content (AvgIpc) is 2.05. The normalized spacial score (nSPS) is 9.09. The second-order valence-electron chi connectivity index (χ2n) is 2.22. The fourth-order valence-electron chi connectivity index (χ4n) is 1.03. The van der Waals surface area contributed by atoms with Gasteiger partial charge >= 0.3 is 18.9 Å². The number of nitrogens with zero attached hydrogens (tertiary/aromatic N) is 1. The standard InChI is InChI=1S/C9H7N.Li.H/c1-2-4-9-7-10-6-5-8(9)3-1;;/h1-7H;;/q;+1;-1. The summed E-state index contributed by atoms with van der Waals surface area (Å²) < 4.78 is 0. The number of aromatic nitrogens is 1. The van der Waals surface area contributed by atoms with Crippen LogP contribution in [0.5, 0.6) is 0 Å². The van der Waals surface area contributed by atoms with Crippen LogP contribution >= 0.6 is 0 Å². The van der Waals surface area contributed by atoms with E-state index in [1.807, 2.05) is 30.6 Å². The maximum atomic E-state index is 4.01. The summed E-state index contributed by atoms with van der Waals surface area (Å²) in [7, 11) is 0. The molecule has 0 amide bonds. The smallest absolute Gasteiger partial charge is 1.00 e. The minimum Gasteiger partial charge on any atom is -1.00 e. The van der Waals surface area contributed by atoms with Crippen molar-refractivity contribution < 1.29 is 20.3 Å². The van der Waals surface area contributed by atoms with Crippen molar-refractivity contribution in [2.75, 3.05) is 0 Å². The molecule has 11 heavy (non-hydrogen) atoms. The fourth-order valence-corrected chi connectivity index (χ4v) is 1.03. The first-order valence-corrected chi connectivity index (χ1v) is 3.25. The molecule has 2 aromatic rings. The molecule has 2 heteroatoms. The molecule has 0 aliphatic carbocycles. The van der Waals surface area contributed by atoms with E-state index < -0.39 is 0 Å². The van der Waals surface area contributed by atoms with E-state index in [2.05, 4.69) is 17.1 Å². The number of benzene rings is 1. The summed E-state index contributed by atoms with van der Waals surface area (Å²) >= 11 is 0. The number of hydrogen-bond acceptors (Lipinski definition) is 1. The van der Waals surface area contributed by atoms with Crippen molar-refractivity contribution in [1.29, 1.82) is 0 Å².